The number of aliphatic carboxylic acids is 2. The molecule has 0 saturated carbocycles. The zero-order valence-electron chi connectivity index (χ0n) is 11.9. The van der Waals surface area contributed by atoms with Crippen LogP contribution in [0.5, 0.6) is 0 Å². The fourth-order valence-corrected chi connectivity index (χ4v) is 1.28. The predicted octanol–water partition coefficient (Wildman–Crippen LogP) is 0.915. The predicted molar refractivity (Wildman–Crippen MR) is 73.9 cm³/mol. The van der Waals surface area contributed by atoms with E-state index in [1.807, 2.05) is 0 Å². The number of hydrogen-bond donors (Lipinski definition) is 2. The van der Waals surface area contributed by atoms with Crippen molar-refractivity contribution in [3.8, 4) is 0 Å². The van der Waals surface area contributed by atoms with Gasteiger partial charge in [-0.15, -0.1) is 0 Å². The van der Waals surface area contributed by atoms with Gasteiger partial charge in [0, 0.05) is 24.3 Å². The van der Waals surface area contributed by atoms with Crippen molar-refractivity contribution in [3.05, 3.63) is 24.3 Å². The van der Waals surface area contributed by atoms with Gasteiger partial charge >= 0.3 is 23.9 Å². The number of carbonyl (C=O) groups excluding carboxylic acids is 2. The molecule has 22 heavy (non-hydrogen) atoms. The molecule has 0 heterocycles. The number of hydrogen-bond acceptors (Lipinski definition) is 6. The molecule has 0 aromatic carbocycles. The Balaban J connectivity index is 3.47. The van der Waals surface area contributed by atoms with Gasteiger partial charge in [0.1, 0.15) is 0 Å². The van der Waals surface area contributed by atoms with Crippen LogP contribution >= 0.6 is 0 Å². The Morgan fingerprint density at radius 2 is 1.00 bits per heavy atom. The van der Waals surface area contributed by atoms with Crippen molar-refractivity contribution in [2.75, 3.05) is 13.2 Å². The van der Waals surface area contributed by atoms with Gasteiger partial charge in [-0.1, -0.05) is 0 Å². The summed E-state index contributed by atoms with van der Waals surface area (Å²) >= 11 is 0. The second kappa shape index (κ2) is 12.1. The zero-order chi connectivity index (χ0) is 16.8. The van der Waals surface area contributed by atoms with Crippen LogP contribution in [-0.4, -0.2) is 47.3 Å². The lowest BCUT2D eigenvalue weighted by molar-refractivity contribution is -0.139. The summed E-state index contributed by atoms with van der Waals surface area (Å²) < 4.78 is 9.50. The van der Waals surface area contributed by atoms with Crippen LogP contribution < -0.4 is 0 Å². The molecule has 0 atom stereocenters. The summed E-state index contributed by atoms with van der Waals surface area (Å²) in [5.41, 5.74) is 0. The van der Waals surface area contributed by atoms with Crippen LogP contribution in [-0.2, 0) is 28.7 Å². The smallest absolute Gasteiger partial charge is 0.331 e. The summed E-state index contributed by atoms with van der Waals surface area (Å²) in [6, 6.07) is 0. The average Bonchev–Trinajstić information content (AvgIpc) is 2.45. The first kappa shape index (κ1) is 19.4. The molecule has 0 aromatic rings. The first-order chi connectivity index (χ1) is 10.4. The van der Waals surface area contributed by atoms with Gasteiger partial charge in [-0.05, 0) is 25.7 Å². The molecule has 8 nitrogen and oxygen atoms in total. The largest absolute Gasteiger partial charge is 0.478 e. The molecule has 0 aromatic heterocycles. The molecule has 0 aliphatic heterocycles. The van der Waals surface area contributed by atoms with Crippen LogP contribution in [0.25, 0.3) is 0 Å². The van der Waals surface area contributed by atoms with Gasteiger partial charge in [-0.2, -0.15) is 0 Å². The number of carboxylic acids is 2. The van der Waals surface area contributed by atoms with Crippen molar-refractivity contribution in [2.24, 2.45) is 0 Å². The summed E-state index contributed by atoms with van der Waals surface area (Å²) in [7, 11) is 0. The topological polar surface area (TPSA) is 127 Å². The van der Waals surface area contributed by atoms with E-state index in [0.717, 1.165) is 25.0 Å². The standard InChI is InChI=1S/C14H18O8/c15-11(16)5-7-13(19)21-9-3-1-2-4-10-22-14(20)8-6-12(17)18/h5-8H,1-4,9-10H2,(H,15,16)(H,17,18). The van der Waals surface area contributed by atoms with E-state index >= 15 is 0 Å². The summed E-state index contributed by atoms with van der Waals surface area (Å²) in [5.74, 6) is -3.85. The molecular weight excluding hydrogens is 296 g/mol. The summed E-state index contributed by atoms with van der Waals surface area (Å²) in [6.07, 6.45) is 5.81. The van der Waals surface area contributed by atoms with Crippen LogP contribution in [0.4, 0.5) is 0 Å². The summed E-state index contributed by atoms with van der Waals surface area (Å²) in [5, 5.41) is 16.6. The molecule has 0 rings (SSSR count). The van der Waals surface area contributed by atoms with E-state index in [1.54, 1.807) is 0 Å². The molecule has 0 unspecified atom stereocenters. The van der Waals surface area contributed by atoms with Gasteiger partial charge in [-0.25, -0.2) is 19.2 Å². The number of carbonyl (C=O) groups is 4. The maximum atomic E-state index is 11.0. The molecule has 2 N–H and O–H groups in total. The Kier molecular flexibility index (Phi) is 10.7. The van der Waals surface area contributed by atoms with Gasteiger partial charge in [0.15, 0.2) is 0 Å². The minimum atomic E-state index is -1.22. The second-order valence-corrected chi connectivity index (χ2v) is 4.09. The fourth-order valence-electron chi connectivity index (χ4n) is 1.28. The quantitative estimate of drug-likeness (QED) is 0.327. The van der Waals surface area contributed by atoms with Gasteiger partial charge in [0.05, 0.1) is 13.2 Å². The lowest BCUT2D eigenvalue weighted by Crippen LogP contribution is -2.04. The van der Waals surface area contributed by atoms with Crippen molar-refractivity contribution in [3.63, 3.8) is 0 Å². The van der Waals surface area contributed by atoms with Gasteiger partial charge in [-0.3, -0.25) is 0 Å². The van der Waals surface area contributed by atoms with E-state index in [4.69, 9.17) is 19.7 Å². The maximum absolute atomic E-state index is 11.0. The number of unbranched alkanes of at least 4 members (excludes halogenated alkanes) is 3. The van der Waals surface area contributed by atoms with E-state index in [2.05, 4.69) is 0 Å². The number of rotatable bonds is 11. The highest BCUT2D eigenvalue weighted by atomic mass is 16.5. The molecule has 0 saturated heterocycles. The van der Waals surface area contributed by atoms with Crippen molar-refractivity contribution < 1.29 is 38.9 Å². The number of carboxylic acid groups (broad SMARTS) is 2. The van der Waals surface area contributed by atoms with Gasteiger partial charge in [0.25, 0.3) is 0 Å². The molecule has 0 aliphatic carbocycles. The van der Waals surface area contributed by atoms with Crippen LogP contribution in [0.3, 0.4) is 0 Å². The Hall–Kier alpha value is -2.64. The first-order valence-corrected chi connectivity index (χ1v) is 6.57. The van der Waals surface area contributed by atoms with Crippen LogP contribution in [0.15, 0.2) is 24.3 Å². The normalized spacial score (nSPS) is 10.7. The monoisotopic (exact) mass is 314 g/mol. The van der Waals surface area contributed by atoms with E-state index in [9.17, 15) is 19.2 Å². The Morgan fingerprint density at radius 1 is 0.636 bits per heavy atom. The molecule has 0 bridgehead atoms. The minimum Gasteiger partial charge on any atom is -0.478 e. The third-order valence-electron chi connectivity index (χ3n) is 2.25. The lowest BCUT2D eigenvalue weighted by Gasteiger charge is -2.03. The average molecular weight is 314 g/mol. The van der Waals surface area contributed by atoms with E-state index in [-0.39, 0.29) is 13.2 Å². The molecule has 8 heteroatoms. The first-order valence-electron chi connectivity index (χ1n) is 6.57. The van der Waals surface area contributed by atoms with E-state index in [1.165, 1.54) is 0 Å². The molecule has 0 radical (unpaired) electrons. The van der Waals surface area contributed by atoms with Crippen LogP contribution in [0, 0.1) is 0 Å². The van der Waals surface area contributed by atoms with Gasteiger partial charge in [0.2, 0.25) is 0 Å². The SMILES string of the molecule is O=C(O)C=CC(=O)OCCCCCCOC(=O)C=CC(=O)O. The molecule has 0 spiro atoms. The van der Waals surface area contributed by atoms with Crippen molar-refractivity contribution in [2.45, 2.75) is 25.7 Å². The zero-order valence-corrected chi connectivity index (χ0v) is 11.9. The van der Waals surface area contributed by atoms with Crippen LogP contribution in [0.2, 0.25) is 0 Å². The minimum absolute atomic E-state index is 0.184. The Labute approximate surface area is 127 Å². The number of esters is 2. The molecular formula is C14H18O8. The maximum Gasteiger partial charge on any atom is 0.331 e. The number of ether oxygens (including phenoxy) is 2. The van der Waals surface area contributed by atoms with Crippen molar-refractivity contribution >= 4 is 23.9 Å². The van der Waals surface area contributed by atoms with Crippen molar-refractivity contribution in [1.82, 2.24) is 0 Å². The fraction of sp³-hybridized carbons (Fsp3) is 0.429. The third-order valence-corrected chi connectivity index (χ3v) is 2.25. The molecule has 0 aliphatic rings. The molecule has 0 amide bonds. The Morgan fingerprint density at radius 3 is 1.32 bits per heavy atom. The highest BCUT2D eigenvalue weighted by Crippen LogP contribution is 2.01. The lowest BCUT2D eigenvalue weighted by atomic mass is 10.2. The van der Waals surface area contributed by atoms with Gasteiger partial charge < -0.3 is 19.7 Å². The highest BCUT2D eigenvalue weighted by Gasteiger charge is 2.00. The molecule has 122 valence electrons. The molecule has 0 fully saturated rings. The van der Waals surface area contributed by atoms with Crippen LogP contribution in [0.1, 0.15) is 25.7 Å². The second-order valence-electron chi connectivity index (χ2n) is 4.09. The van der Waals surface area contributed by atoms with Crippen molar-refractivity contribution in [1.29, 1.82) is 0 Å². The summed E-state index contributed by atoms with van der Waals surface area (Å²) in [4.78, 5) is 42.3. The van der Waals surface area contributed by atoms with E-state index < -0.39 is 23.9 Å². The van der Waals surface area contributed by atoms with E-state index in [0.29, 0.717) is 25.0 Å². The highest BCUT2D eigenvalue weighted by molar-refractivity contribution is 5.91. The Bertz CT molecular complexity index is 408. The third kappa shape index (κ3) is 13.8. The summed E-state index contributed by atoms with van der Waals surface area (Å²) in [6.45, 7) is 0.369.